The van der Waals surface area contributed by atoms with E-state index in [4.69, 9.17) is 9.47 Å². The van der Waals surface area contributed by atoms with Crippen LogP contribution in [0.15, 0.2) is 18.2 Å². The second-order valence-electron chi connectivity index (χ2n) is 7.36. The Balaban J connectivity index is 1.69. The minimum Gasteiger partial charge on any atom is -0.497 e. The van der Waals surface area contributed by atoms with Crippen LogP contribution in [-0.4, -0.2) is 19.7 Å². The Labute approximate surface area is 132 Å². The molecule has 4 atom stereocenters. The van der Waals surface area contributed by atoms with E-state index in [1.165, 1.54) is 17.5 Å². The zero-order valence-corrected chi connectivity index (χ0v) is 13.4. The van der Waals surface area contributed by atoms with Crippen molar-refractivity contribution in [3.8, 4) is 5.75 Å². The van der Waals surface area contributed by atoms with Gasteiger partial charge in [0.05, 0.1) is 19.1 Å². The molecule has 2 fully saturated rings. The van der Waals surface area contributed by atoms with Gasteiger partial charge in [-0.1, -0.05) is 6.07 Å². The molecule has 0 aromatic heterocycles. The maximum atomic E-state index is 12.3. The van der Waals surface area contributed by atoms with E-state index in [0.29, 0.717) is 24.4 Å². The second kappa shape index (κ2) is 5.00. The number of cyclic esters (lactones) is 1. The summed E-state index contributed by atoms with van der Waals surface area (Å²) in [6.45, 7) is 2.75. The minimum absolute atomic E-state index is 0.0442. The van der Waals surface area contributed by atoms with Crippen LogP contribution < -0.4 is 4.74 Å². The SMILES string of the molecule is COc1ccc2c(c1)CCC1C2CCC2(C)C(=O)OCCC12. The lowest BCUT2D eigenvalue weighted by atomic mass is 9.53. The molecule has 4 unspecified atom stereocenters. The predicted molar refractivity (Wildman–Crippen MR) is 84.0 cm³/mol. The number of benzene rings is 1. The van der Waals surface area contributed by atoms with Gasteiger partial charge in [-0.05, 0) is 80.0 Å². The molecule has 22 heavy (non-hydrogen) atoms. The van der Waals surface area contributed by atoms with Crippen molar-refractivity contribution < 1.29 is 14.3 Å². The van der Waals surface area contributed by atoms with Crippen molar-refractivity contribution in [2.24, 2.45) is 17.3 Å². The lowest BCUT2D eigenvalue weighted by Gasteiger charge is -2.52. The lowest BCUT2D eigenvalue weighted by molar-refractivity contribution is -0.174. The number of rotatable bonds is 1. The molecule has 1 aromatic carbocycles. The highest BCUT2D eigenvalue weighted by Crippen LogP contribution is 2.57. The summed E-state index contributed by atoms with van der Waals surface area (Å²) in [7, 11) is 1.73. The summed E-state index contributed by atoms with van der Waals surface area (Å²) in [6.07, 6.45) is 5.40. The molecule has 2 aliphatic carbocycles. The van der Waals surface area contributed by atoms with Crippen molar-refractivity contribution in [1.29, 1.82) is 0 Å². The Hall–Kier alpha value is -1.51. The highest BCUT2D eigenvalue weighted by atomic mass is 16.5. The molecule has 0 amide bonds. The number of carbonyl (C=O) groups excluding carboxylic acids is 1. The summed E-state index contributed by atoms with van der Waals surface area (Å²) in [5, 5.41) is 0. The average Bonchev–Trinajstić information content (AvgIpc) is 2.55. The van der Waals surface area contributed by atoms with Gasteiger partial charge in [0, 0.05) is 0 Å². The van der Waals surface area contributed by atoms with Gasteiger partial charge in [0.1, 0.15) is 5.75 Å². The van der Waals surface area contributed by atoms with Crippen molar-refractivity contribution in [1.82, 2.24) is 0 Å². The normalized spacial score (nSPS) is 36.6. The number of methoxy groups -OCH3 is 1. The largest absolute Gasteiger partial charge is 0.497 e. The summed E-state index contributed by atoms with van der Waals surface area (Å²) in [4.78, 5) is 12.3. The van der Waals surface area contributed by atoms with Gasteiger partial charge < -0.3 is 9.47 Å². The highest BCUT2D eigenvalue weighted by molar-refractivity contribution is 5.77. The fraction of sp³-hybridized carbons (Fsp3) is 0.632. The second-order valence-corrected chi connectivity index (χ2v) is 7.36. The van der Waals surface area contributed by atoms with Gasteiger partial charge in [-0.15, -0.1) is 0 Å². The number of hydrogen-bond donors (Lipinski definition) is 0. The predicted octanol–water partition coefficient (Wildman–Crippen LogP) is 3.70. The molecule has 0 N–H and O–H groups in total. The number of esters is 1. The van der Waals surface area contributed by atoms with Crippen LogP contribution >= 0.6 is 0 Å². The molecule has 1 saturated heterocycles. The smallest absolute Gasteiger partial charge is 0.312 e. The summed E-state index contributed by atoms with van der Waals surface area (Å²) in [6, 6.07) is 6.55. The summed E-state index contributed by atoms with van der Waals surface area (Å²) < 4.78 is 10.7. The zero-order chi connectivity index (χ0) is 15.3. The molecule has 3 nitrogen and oxygen atoms in total. The van der Waals surface area contributed by atoms with E-state index in [1.807, 2.05) is 0 Å². The molecule has 118 valence electrons. The van der Waals surface area contributed by atoms with Gasteiger partial charge >= 0.3 is 5.97 Å². The molecule has 3 aliphatic rings. The standard InChI is InChI=1S/C19H24O3/c1-19-9-7-15-14-6-4-13(21-2)11-12(14)3-5-16(15)17(19)8-10-22-18(19)20/h4,6,11,15-17H,3,5,7-10H2,1-2H3. The summed E-state index contributed by atoms with van der Waals surface area (Å²) in [5.74, 6) is 2.73. The monoisotopic (exact) mass is 300 g/mol. The third-order valence-corrected chi connectivity index (χ3v) is 6.45. The highest BCUT2D eigenvalue weighted by Gasteiger charge is 2.54. The zero-order valence-electron chi connectivity index (χ0n) is 13.4. The molecule has 1 aliphatic heterocycles. The molecule has 4 rings (SSSR count). The third-order valence-electron chi connectivity index (χ3n) is 6.45. The van der Waals surface area contributed by atoms with Crippen molar-refractivity contribution >= 4 is 5.97 Å². The Bertz CT molecular complexity index is 609. The summed E-state index contributed by atoms with van der Waals surface area (Å²) >= 11 is 0. The molecule has 0 radical (unpaired) electrons. The number of carbonyl (C=O) groups is 1. The number of hydrogen-bond acceptors (Lipinski definition) is 3. The molecular formula is C19H24O3. The molecule has 0 spiro atoms. The van der Waals surface area contributed by atoms with Gasteiger partial charge in [-0.25, -0.2) is 0 Å². The van der Waals surface area contributed by atoms with Gasteiger partial charge in [0.25, 0.3) is 0 Å². The Morgan fingerprint density at radius 2 is 2.14 bits per heavy atom. The van der Waals surface area contributed by atoms with Crippen LogP contribution in [-0.2, 0) is 16.0 Å². The van der Waals surface area contributed by atoms with Crippen LogP contribution in [0, 0.1) is 17.3 Å². The van der Waals surface area contributed by atoms with E-state index in [2.05, 4.69) is 25.1 Å². The fourth-order valence-electron chi connectivity index (χ4n) is 5.24. The minimum atomic E-state index is -0.247. The maximum Gasteiger partial charge on any atom is 0.312 e. The van der Waals surface area contributed by atoms with Crippen molar-refractivity contribution in [3.63, 3.8) is 0 Å². The number of ether oxygens (including phenoxy) is 2. The fourth-order valence-corrected chi connectivity index (χ4v) is 5.24. The van der Waals surface area contributed by atoms with Gasteiger partial charge in [0.2, 0.25) is 0 Å². The molecule has 1 aromatic rings. The topological polar surface area (TPSA) is 35.5 Å². The van der Waals surface area contributed by atoms with E-state index >= 15 is 0 Å². The van der Waals surface area contributed by atoms with E-state index in [1.54, 1.807) is 7.11 Å². The quantitative estimate of drug-likeness (QED) is 0.742. The van der Waals surface area contributed by atoms with Crippen molar-refractivity contribution in [2.75, 3.05) is 13.7 Å². The number of aryl methyl sites for hydroxylation is 1. The Morgan fingerprint density at radius 3 is 2.95 bits per heavy atom. The molecule has 1 heterocycles. The molecule has 3 heteroatoms. The first kappa shape index (κ1) is 14.1. The van der Waals surface area contributed by atoms with Crippen LogP contribution in [0.2, 0.25) is 0 Å². The van der Waals surface area contributed by atoms with Crippen molar-refractivity contribution in [2.45, 2.75) is 44.9 Å². The first-order valence-corrected chi connectivity index (χ1v) is 8.47. The van der Waals surface area contributed by atoms with Crippen LogP contribution in [0.3, 0.4) is 0 Å². The van der Waals surface area contributed by atoms with Gasteiger partial charge in [-0.2, -0.15) is 0 Å². The van der Waals surface area contributed by atoms with E-state index < -0.39 is 0 Å². The third kappa shape index (κ3) is 1.90. The number of fused-ring (bicyclic) bond motifs is 5. The van der Waals surface area contributed by atoms with Crippen molar-refractivity contribution in [3.05, 3.63) is 29.3 Å². The molecule has 0 bridgehead atoms. The first-order valence-electron chi connectivity index (χ1n) is 8.47. The Kier molecular flexibility index (Phi) is 3.21. The van der Waals surface area contributed by atoms with Gasteiger partial charge in [0.15, 0.2) is 0 Å². The van der Waals surface area contributed by atoms with E-state index in [-0.39, 0.29) is 11.4 Å². The van der Waals surface area contributed by atoms with Crippen LogP contribution in [0.25, 0.3) is 0 Å². The van der Waals surface area contributed by atoms with E-state index in [0.717, 1.165) is 31.4 Å². The maximum absolute atomic E-state index is 12.3. The molecular weight excluding hydrogens is 276 g/mol. The molecule has 1 saturated carbocycles. The van der Waals surface area contributed by atoms with Gasteiger partial charge in [-0.3, -0.25) is 4.79 Å². The summed E-state index contributed by atoms with van der Waals surface area (Å²) in [5.41, 5.74) is 2.70. The van der Waals surface area contributed by atoms with Crippen LogP contribution in [0.5, 0.6) is 5.75 Å². The Morgan fingerprint density at radius 1 is 1.27 bits per heavy atom. The lowest BCUT2D eigenvalue weighted by Crippen LogP contribution is -2.50. The van der Waals surface area contributed by atoms with E-state index in [9.17, 15) is 4.79 Å². The van der Waals surface area contributed by atoms with Crippen LogP contribution in [0.1, 0.15) is 49.7 Å². The average molecular weight is 300 g/mol. The van der Waals surface area contributed by atoms with Crippen LogP contribution in [0.4, 0.5) is 0 Å². The first-order chi connectivity index (χ1) is 10.6.